The number of rotatable bonds is 4. The van der Waals surface area contributed by atoms with E-state index in [1.165, 1.54) is 42.6 Å². The largest absolute Gasteiger partial charge is 0.573 e. The van der Waals surface area contributed by atoms with Crippen LogP contribution in [0.25, 0.3) is 0 Å². The number of pyridine rings is 1. The Morgan fingerprint density at radius 1 is 1.15 bits per heavy atom. The molecule has 0 spiro atoms. The Kier molecular flexibility index (Phi) is 4.65. The lowest BCUT2D eigenvalue weighted by atomic mass is 10.1. The summed E-state index contributed by atoms with van der Waals surface area (Å²) in [5.74, 6) is -0.972. The van der Waals surface area contributed by atoms with Crippen LogP contribution in [0.15, 0.2) is 47.8 Å². The summed E-state index contributed by atoms with van der Waals surface area (Å²) in [7, 11) is 0. The van der Waals surface area contributed by atoms with Crippen molar-refractivity contribution in [2.45, 2.75) is 18.9 Å². The SMILES string of the molecule is O=C(O)c1ccc(OC2=NO[C@H](c3ccc(OC(F)(F)F)cc3)C2)cn1. The molecule has 2 heterocycles. The minimum atomic E-state index is -4.75. The molecule has 0 unspecified atom stereocenters. The Balaban J connectivity index is 1.58. The summed E-state index contributed by atoms with van der Waals surface area (Å²) in [4.78, 5) is 19.7. The molecule has 1 aliphatic heterocycles. The van der Waals surface area contributed by atoms with E-state index in [2.05, 4.69) is 14.9 Å². The Hall–Kier alpha value is -3.30. The molecule has 0 saturated carbocycles. The second-order valence-corrected chi connectivity index (χ2v) is 5.19. The van der Waals surface area contributed by atoms with Crippen LogP contribution in [0.5, 0.6) is 11.5 Å². The number of hydrogen-bond donors (Lipinski definition) is 1. The van der Waals surface area contributed by atoms with Crippen LogP contribution in [0.1, 0.15) is 28.6 Å². The van der Waals surface area contributed by atoms with Gasteiger partial charge in [0.05, 0.1) is 12.6 Å². The Morgan fingerprint density at radius 3 is 2.42 bits per heavy atom. The summed E-state index contributed by atoms with van der Waals surface area (Å²) in [6, 6.07) is 7.94. The highest BCUT2D eigenvalue weighted by Crippen LogP contribution is 2.30. The zero-order chi connectivity index (χ0) is 18.7. The highest BCUT2D eigenvalue weighted by Gasteiger charge is 2.31. The lowest BCUT2D eigenvalue weighted by Crippen LogP contribution is -2.17. The smallest absolute Gasteiger partial charge is 0.477 e. The molecule has 0 radical (unpaired) electrons. The normalized spacial score (nSPS) is 16.6. The van der Waals surface area contributed by atoms with E-state index in [1.54, 1.807) is 0 Å². The van der Waals surface area contributed by atoms with Crippen molar-refractivity contribution in [1.82, 2.24) is 4.98 Å². The lowest BCUT2D eigenvalue weighted by molar-refractivity contribution is -0.274. The van der Waals surface area contributed by atoms with Crippen molar-refractivity contribution in [2.75, 3.05) is 0 Å². The third kappa shape index (κ3) is 4.41. The van der Waals surface area contributed by atoms with Crippen molar-refractivity contribution in [2.24, 2.45) is 5.16 Å². The summed E-state index contributed by atoms with van der Waals surface area (Å²) in [5, 5.41) is 12.6. The number of nitrogens with zero attached hydrogens (tertiary/aromatic N) is 2. The minimum absolute atomic E-state index is 0.124. The number of alkyl halides is 3. The van der Waals surface area contributed by atoms with E-state index in [-0.39, 0.29) is 29.5 Å². The summed E-state index contributed by atoms with van der Waals surface area (Å²) >= 11 is 0. The third-order valence-electron chi connectivity index (χ3n) is 3.32. The van der Waals surface area contributed by atoms with Gasteiger partial charge in [0.25, 0.3) is 0 Å². The average Bonchev–Trinajstić information content (AvgIpc) is 3.03. The van der Waals surface area contributed by atoms with E-state index in [1.807, 2.05) is 0 Å². The van der Waals surface area contributed by atoms with E-state index in [0.717, 1.165) is 0 Å². The van der Waals surface area contributed by atoms with E-state index < -0.39 is 18.4 Å². The van der Waals surface area contributed by atoms with Crippen LogP contribution in [0.3, 0.4) is 0 Å². The van der Waals surface area contributed by atoms with Crippen LogP contribution in [0.4, 0.5) is 13.2 Å². The predicted molar refractivity (Wildman–Crippen MR) is 80.8 cm³/mol. The first kappa shape index (κ1) is 17.5. The molecule has 1 aromatic carbocycles. The molecule has 1 N–H and O–H groups in total. The molecule has 7 nitrogen and oxygen atoms in total. The van der Waals surface area contributed by atoms with Crippen molar-refractivity contribution >= 4 is 11.9 Å². The van der Waals surface area contributed by atoms with Crippen LogP contribution in [-0.2, 0) is 4.84 Å². The van der Waals surface area contributed by atoms with Gasteiger partial charge in [-0.3, -0.25) is 0 Å². The number of aromatic carboxylic acids is 1. The van der Waals surface area contributed by atoms with Crippen molar-refractivity contribution in [3.05, 3.63) is 53.9 Å². The van der Waals surface area contributed by atoms with E-state index in [4.69, 9.17) is 14.7 Å². The quantitative estimate of drug-likeness (QED) is 0.888. The Morgan fingerprint density at radius 2 is 1.85 bits per heavy atom. The molecule has 0 bridgehead atoms. The molecule has 0 fully saturated rings. The maximum Gasteiger partial charge on any atom is 0.573 e. The number of carboxylic acids is 1. The van der Waals surface area contributed by atoms with Crippen molar-refractivity contribution in [3.63, 3.8) is 0 Å². The number of carbonyl (C=O) groups is 1. The summed E-state index contributed by atoms with van der Waals surface area (Å²) in [6.07, 6.45) is -3.78. The fourth-order valence-electron chi connectivity index (χ4n) is 2.18. The first-order valence-electron chi connectivity index (χ1n) is 7.26. The maximum absolute atomic E-state index is 12.2. The number of ether oxygens (including phenoxy) is 2. The number of halogens is 3. The third-order valence-corrected chi connectivity index (χ3v) is 3.32. The fraction of sp³-hybridized carbons (Fsp3) is 0.188. The van der Waals surface area contributed by atoms with Crippen molar-refractivity contribution in [1.29, 1.82) is 0 Å². The number of aromatic nitrogens is 1. The van der Waals surface area contributed by atoms with Gasteiger partial charge in [-0.15, -0.1) is 13.2 Å². The van der Waals surface area contributed by atoms with Gasteiger partial charge in [-0.1, -0.05) is 17.3 Å². The highest BCUT2D eigenvalue weighted by atomic mass is 19.4. The molecule has 136 valence electrons. The summed E-state index contributed by atoms with van der Waals surface area (Å²) in [5.41, 5.74) is 0.474. The van der Waals surface area contributed by atoms with Gasteiger partial charge in [0, 0.05) is 0 Å². The van der Waals surface area contributed by atoms with Crippen LogP contribution in [0.2, 0.25) is 0 Å². The van der Waals surface area contributed by atoms with Crippen molar-refractivity contribution in [3.8, 4) is 11.5 Å². The molecule has 26 heavy (non-hydrogen) atoms. The zero-order valence-electron chi connectivity index (χ0n) is 12.9. The predicted octanol–water partition coefficient (Wildman–Crippen LogP) is 3.53. The monoisotopic (exact) mass is 368 g/mol. The minimum Gasteiger partial charge on any atom is -0.477 e. The van der Waals surface area contributed by atoms with Gasteiger partial charge in [-0.05, 0) is 29.8 Å². The molecule has 1 atom stereocenters. The first-order chi connectivity index (χ1) is 12.3. The Bertz CT molecular complexity index is 819. The van der Waals surface area contributed by atoms with E-state index >= 15 is 0 Å². The van der Waals surface area contributed by atoms with Crippen LogP contribution < -0.4 is 9.47 Å². The lowest BCUT2D eigenvalue weighted by Gasteiger charge is -2.11. The number of benzene rings is 1. The fourth-order valence-corrected chi connectivity index (χ4v) is 2.18. The summed E-state index contributed by atoms with van der Waals surface area (Å²) < 4.78 is 45.7. The maximum atomic E-state index is 12.2. The standard InChI is InChI=1S/C16H11F3N2O5/c17-16(18,19)25-10-3-1-9(2-4-10)13-7-14(21-26-13)24-11-5-6-12(15(22)23)20-8-11/h1-6,8,13H,7H2,(H,22,23)/t13-/m0/s1. The van der Waals surface area contributed by atoms with Gasteiger partial charge in [-0.25, -0.2) is 9.78 Å². The summed E-state index contributed by atoms with van der Waals surface area (Å²) in [6.45, 7) is 0. The molecule has 0 amide bonds. The van der Waals surface area contributed by atoms with Crippen LogP contribution in [-0.4, -0.2) is 28.3 Å². The molecular weight excluding hydrogens is 357 g/mol. The molecule has 10 heteroatoms. The number of oxime groups is 1. The second kappa shape index (κ2) is 6.90. The molecular formula is C16H11F3N2O5. The van der Waals surface area contributed by atoms with Crippen LogP contribution >= 0.6 is 0 Å². The Labute approximate surface area is 144 Å². The van der Waals surface area contributed by atoms with Gasteiger partial charge >= 0.3 is 12.3 Å². The highest BCUT2D eigenvalue weighted by molar-refractivity contribution is 5.85. The van der Waals surface area contributed by atoms with Crippen LogP contribution in [0, 0.1) is 0 Å². The molecule has 1 aliphatic rings. The topological polar surface area (TPSA) is 90.2 Å². The van der Waals surface area contributed by atoms with Gasteiger partial charge < -0.3 is 19.4 Å². The van der Waals surface area contributed by atoms with Gasteiger partial charge in [0.1, 0.15) is 17.2 Å². The van der Waals surface area contributed by atoms with E-state index in [0.29, 0.717) is 5.56 Å². The first-order valence-corrected chi connectivity index (χ1v) is 7.26. The van der Waals surface area contributed by atoms with Crippen molar-refractivity contribution < 1.29 is 37.4 Å². The molecule has 3 rings (SSSR count). The average molecular weight is 368 g/mol. The van der Waals surface area contributed by atoms with Gasteiger partial charge in [0.2, 0.25) is 5.90 Å². The van der Waals surface area contributed by atoms with E-state index in [9.17, 15) is 18.0 Å². The molecule has 2 aromatic rings. The molecule has 1 aromatic heterocycles. The molecule has 0 aliphatic carbocycles. The van der Waals surface area contributed by atoms with Gasteiger partial charge in [0.15, 0.2) is 6.10 Å². The number of hydrogen-bond acceptors (Lipinski definition) is 6. The number of carboxylic acid groups (broad SMARTS) is 1. The molecule has 0 saturated heterocycles. The zero-order valence-corrected chi connectivity index (χ0v) is 12.9. The second-order valence-electron chi connectivity index (χ2n) is 5.19. The van der Waals surface area contributed by atoms with Gasteiger partial charge in [-0.2, -0.15) is 0 Å².